The number of piperazine rings is 1. The normalized spacial score (nSPS) is 31.5. The van der Waals surface area contributed by atoms with Crippen LogP contribution in [0.4, 0.5) is 0 Å². The van der Waals surface area contributed by atoms with Gasteiger partial charge < -0.3 is 5.32 Å². The topological polar surface area (TPSA) is 52.7 Å². The van der Waals surface area contributed by atoms with Gasteiger partial charge in [0.2, 0.25) is 0 Å². The van der Waals surface area contributed by atoms with Gasteiger partial charge in [0.25, 0.3) is 10.2 Å². The molecule has 0 amide bonds. The zero-order valence-electron chi connectivity index (χ0n) is 11.8. The van der Waals surface area contributed by atoms with Crippen LogP contribution in [0.25, 0.3) is 0 Å². The van der Waals surface area contributed by atoms with Crippen LogP contribution in [0.15, 0.2) is 0 Å². The molecular formula is C12H26ClN3O2S. The smallest absolute Gasteiger partial charge is 0.282 e. The Bertz CT molecular complexity index is 359. The number of hydrogen-bond donors (Lipinski definition) is 1. The molecule has 0 aromatic rings. The number of rotatable bonds is 2. The molecule has 2 aliphatic rings. The summed E-state index contributed by atoms with van der Waals surface area (Å²) in [4.78, 5) is 0. The van der Waals surface area contributed by atoms with E-state index in [4.69, 9.17) is 0 Å². The third-order valence-electron chi connectivity index (χ3n) is 3.74. The van der Waals surface area contributed by atoms with Crippen molar-refractivity contribution in [1.29, 1.82) is 0 Å². The lowest BCUT2D eigenvalue weighted by molar-refractivity contribution is 0.244. The predicted octanol–water partition coefficient (Wildman–Crippen LogP) is 1.21. The van der Waals surface area contributed by atoms with E-state index in [1.54, 1.807) is 8.61 Å². The molecular weight excluding hydrogens is 286 g/mol. The van der Waals surface area contributed by atoms with Gasteiger partial charge in [-0.3, -0.25) is 0 Å². The maximum Gasteiger partial charge on any atom is 0.282 e. The van der Waals surface area contributed by atoms with Crippen LogP contribution in [0.1, 0.15) is 39.5 Å². The lowest BCUT2D eigenvalue weighted by atomic mass is 10.2. The van der Waals surface area contributed by atoms with E-state index < -0.39 is 10.2 Å². The van der Waals surface area contributed by atoms with Crippen LogP contribution in [0.3, 0.4) is 0 Å². The van der Waals surface area contributed by atoms with Gasteiger partial charge >= 0.3 is 0 Å². The van der Waals surface area contributed by atoms with E-state index >= 15 is 0 Å². The summed E-state index contributed by atoms with van der Waals surface area (Å²) in [7, 11) is -3.25. The molecule has 0 aliphatic carbocycles. The fourth-order valence-corrected chi connectivity index (χ4v) is 4.77. The summed E-state index contributed by atoms with van der Waals surface area (Å²) in [5.74, 6) is 0. The second kappa shape index (κ2) is 7.22. The van der Waals surface area contributed by atoms with Crippen molar-refractivity contribution in [2.75, 3.05) is 26.2 Å². The number of nitrogens with one attached hydrogen (secondary N) is 1. The van der Waals surface area contributed by atoms with Crippen LogP contribution in [-0.4, -0.2) is 55.3 Å². The molecule has 2 fully saturated rings. The maximum absolute atomic E-state index is 12.6. The first-order valence-electron chi connectivity index (χ1n) is 7.01. The molecule has 2 aliphatic heterocycles. The molecule has 0 aromatic heterocycles. The molecule has 114 valence electrons. The Morgan fingerprint density at radius 2 is 1.37 bits per heavy atom. The summed E-state index contributed by atoms with van der Waals surface area (Å²) in [6.07, 6.45) is 4.30. The highest BCUT2D eigenvalue weighted by molar-refractivity contribution is 7.86. The molecule has 2 saturated heterocycles. The number of hydrogen-bond acceptors (Lipinski definition) is 3. The van der Waals surface area contributed by atoms with E-state index in [0.717, 1.165) is 25.7 Å². The molecule has 1 N–H and O–H groups in total. The first kappa shape index (κ1) is 17.2. The van der Waals surface area contributed by atoms with Gasteiger partial charge in [-0.15, -0.1) is 12.4 Å². The van der Waals surface area contributed by atoms with Gasteiger partial charge in [0, 0.05) is 38.3 Å². The monoisotopic (exact) mass is 311 g/mol. The first-order valence-corrected chi connectivity index (χ1v) is 8.41. The van der Waals surface area contributed by atoms with Crippen LogP contribution in [0.5, 0.6) is 0 Å². The van der Waals surface area contributed by atoms with Crippen LogP contribution < -0.4 is 5.32 Å². The molecule has 2 unspecified atom stereocenters. The highest BCUT2D eigenvalue weighted by Gasteiger charge is 2.34. The largest absolute Gasteiger partial charge is 0.309 e. The molecule has 2 atom stereocenters. The van der Waals surface area contributed by atoms with Crippen LogP contribution in [0, 0.1) is 0 Å². The van der Waals surface area contributed by atoms with Crippen molar-refractivity contribution in [3.05, 3.63) is 0 Å². The van der Waals surface area contributed by atoms with Crippen molar-refractivity contribution in [2.45, 2.75) is 51.6 Å². The van der Waals surface area contributed by atoms with Crippen LogP contribution in [-0.2, 0) is 10.2 Å². The summed E-state index contributed by atoms with van der Waals surface area (Å²) in [5.41, 5.74) is 0. The fourth-order valence-electron chi connectivity index (χ4n) is 2.90. The van der Waals surface area contributed by atoms with E-state index in [-0.39, 0.29) is 24.5 Å². The van der Waals surface area contributed by atoms with Crippen molar-refractivity contribution in [3.8, 4) is 0 Å². The van der Waals surface area contributed by atoms with Gasteiger partial charge in [0.1, 0.15) is 0 Å². The average Bonchev–Trinajstić information content (AvgIpc) is 2.56. The highest BCUT2D eigenvalue weighted by Crippen LogP contribution is 2.18. The number of halogens is 1. The van der Waals surface area contributed by atoms with E-state index in [9.17, 15) is 8.42 Å². The first-order chi connectivity index (χ1) is 8.50. The van der Waals surface area contributed by atoms with Gasteiger partial charge in [0.05, 0.1) is 0 Å². The van der Waals surface area contributed by atoms with Crippen LogP contribution >= 0.6 is 12.4 Å². The fraction of sp³-hybridized carbons (Fsp3) is 1.00. The number of nitrogens with zero attached hydrogens (tertiary/aromatic N) is 2. The summed E-state index contributed by atoms with van der Waals surface area (Å²) < 4.78 is 28.6. The molecule has 2 rings (SSSR count). The van der Waals surface area contributed by atoms with Crippen molar-refractivity contribution in [1.82, 2.24) is 13.9 Å². The molecule has 2 heterocycles. The Hall–Kier alpha value is 0.120. The second-order valence-electron chi connectivity index (χ2n) is 5.61. The van der Waals surface area contributed by atoms with E-state index in [1.165, 1.54) is 0 Å². The van der Waals surface area contributed by atoms with Gasteiger partial charge in [0.15, 0.2) is 0 Å². The van der Waals surface area contributed by atoms with Gasteiger partial charge in [-0.25, -0.2) is 0 Å². The third kappa shape index (κ3) is 4.29. The summed E-state index contributed by atoms with van der Waals surface area (Å²) in [5, 5.41) is 3.37. The van der Waals surface area contributed by atoms with E-state index in [2.05, 4.69) is 5.32 Å². The van der Waals surface area contributed by atoms with E-state index in [0.29, 0.717) is 26.2 Å². The quantitative estimate of drug-likeness (QED) is 0.834. The van der Waals surface area contributed by atoms with Crippen molar-refractivity contribution >= 4 is 22.6 Å². The third-order valence-corrected chi connectivity index (χ3v) is 5.71. The molecule has 0 aromatic carbocycles. The predicted molar refractivity (Wildman–Crippen MR) is 79.8 cm³/mol. The standard InChI is InChI=1S/C12H25N3O2S.ClH/c1-11-9-15(10-12(2)13-11)18(16,17)14-7-5-3-4-6-8-14;/h11-13H,3-10H2,1-2H3;1H. The lowest BCUT2D eigenvalue weighted by Gasteiger charge is -2.37. The van der Waals surface area contributed by atoms with Gasteiger partial charge in [-0.05, 0) is 26.7 Å². The van der Waals surface area contributed by atoms with Crippen molar-refractivity contribution < 1.29 is 8.42 Å². The highest BCUT2D eigenvalue weighted by atomic mass is 35.5. The molecule has 0 spiro atoms. The van der Waals surface area contributed by atoms with Crippen LogP contribution in [0.2, 0.25) is 0 Å². The van der Waals surface area contributed by atoms with Gasteiger partial charge in [-0.2, -0.15) is 17.0 Å². The Labute approximate surface area is 123 Å². The zero-order chi connectivity index (χ0) is 13.2. The average molecular weight is 312 g/mol. The minimum Gasteiger partial charge on any atom is -0.309 e. The summed E-state index contributed by atoms with van der Waals surface area (Å²) in [6, 6.07) is 0.464. The van der Waals surface area contributed by atoms with E-state index in [1.807, 2.05) is 13.8 Å². The molecule has 0 radical (unpaired) electrons. The minimum atomic E-state index is -3.25. The molecule has 0 saturated carbocycles. The SMILES string of the molecule is CC1CN(S(=O)(=O)N2CCCCCC2)CC(C)N1.Cl. The van der Waals surface area contributed by atoms with Crippen molar-refractivity contribution in [2.24, 2.45) is 0 Å². The zero-order valence-corrected chi connectivity index (χ0v) is 13.5. The summed E-state index contributed by atoms with van der Waals surface area (Å²) in [6.45, 7) is 6.64. The Morgan fingerprint density at radius 1 is 0.895 bits per heavy atom. The van der Waals surface area contributed by atoms with Gasteiger partial charge in [-0.1, -0.05) is 12.8 Å². The lowest BCUT2D eigenvalue weighted by Crippen LogP contribution is -2.58. The Morgan fingerprint density at radius 3 is 1.84 bits per heavy atom. The molecule has 19 heavy (non-hydrogen) atoms. The summed E-state index contributed by atoms with van der Waals surface area (Å²) >= 11 is 0. The minimum absolute atomic E-state index is 0. The Kier molecular flexibility index (Phi) is 6.53. The Balaban J connectivity index is 0.00000180. The maximum atomic E-state index is 12.6. The molecule has 7 heteroatoms. The molecule has 5 nitrogen and oxygen atoms in total. The van der Waals surface area contributed by atoms with Crippen molar-refractivity contribution in [3.63, 3.8) is 0 Å². The second-order valence-corrected chi connectivity index (χ2v) is 7.54. The molecule has 0 bridgehead atoms.